The number of H-pyrrole nitrogens is 2. The number of aromatic nitrogens is 4. The van der Waals surface area contributed by atoms with Gasteiger partial charge in [0.15, 0.2) is 0 Å². The molecule has 1 aliphatic rings. The van der Waals surface area contributed by atoms with Gasteiger partial charge in [0.25, 0.3) is 11.1 Å². The molecular weight excluding hydrogens is 338 g/mol. The molecule has 2 heterocycles. The van der Waals surface area contributed by atoms with Gasteiger partial charge in [-0.15, -0.1) is 0 Å². The van der Waals surface area contributed by atoms with Crippen molar-refractivity contribution >= 4 is 11.0 Å². The molecule has 0 unspecified atom stereocenters. The van der Waals surface area contributed by atoms with E-state index < -0.39 is 28.4 Å². The van der Waals surface area contributed by atoms with Crippen LogP contribution in [0.4, 0.5) is 8.78 Å². The molecule has 3 rings (SSSR count). The highest BCUT2D eigenvalue weighted by molar-refractivity contribution is 5.71. The standard InChI is InChI=1S/C15H18F2N4O4/c1-20-12(23)9-10(11(22)19-13(24)18-9)21(14(20)25)7-4-8-2-5-15(16,17)6-3-8/h8H,2-7H2,1H3,(H2,18,19,22,24). The van der Waals surface area contributed by atoms with E-state index in [0.29, 0.717) is 19.3 Å². The molecule has 8 nitrogen and oxygen atoms in total. The summed E-state index contributed by atoms with van der Waals surface area (Å²) >= 11 is 0. The average Bonchev–Trinajstić information content (AvgIpc) is 2.54. The summed E-state index contributed by atoms with van der Waals surface area (Å²) in [6.45, 7) is 0.106. The van der Waals surface area contributed by atoms with E-state index in [4.69, 9.17) is 0 Å². The van der Waals surface area contributed by atoms with Crippen molar-refractivity contribution in [2.24, 2.45) is 13.0 Å². The maximum absolute atomic E-state index is 13.2. The van der Waals surface area contributed by atoms with Crippen LogP contribution in [0, 0.1) is 5.92 Å². The molecule has 0 amide bonds. The summed E-state index contributed by atoms with van der Waals surface area (Å²) in [5, 5.41) is 0. The predicted octanol–water partition coefficient (Wildman–Crippen LogP) is 0.292. The van der Waals surface area contributed by atoms with Crippen LogP contribution in [0.3, 0.4) is 0 Å². The minimum Gasteiger partial charge on any atom is -0.301 e. The molecule has 25 heavy (non-hydrogen) atoms. The summed E-state index contributed by atoms with van der Waals surface area (Å²) < 4.78 is 28.4. The molecule has 0 atom stereocenters. The molecule has 0 aliphatic heterocycles. The van der Waals surface area contributed by atoms with E-state index in [1.165, 1.54) is 7.05 Å². The zero-order valence-corrected chi connectivity index (χ0v) is 13.6. The minimum absolute atomic E-state index is 0.0145. The normalized spacial score (nSPS) is 17.9. The summed E-state index contributed by atoms with van der Waals surface area (Å²) in [4.78, 5) is 52.3. The smallest absolute Gasteiger partial charge is 0.301 e. The van der Waals surface area contributed by atoms with Crippen LogP contribution in [0.2, 0.25) is 0 Å². The van der Waals surface area contributed by atoms with Gasteiger partial charge in [0.1, 0.15) is 11.0 Å². The first-order chi connectivity index (χ1) is 11.7. The number of fused-ring (bicyclic) bond motifs is 1. The Kier molecular flexibility index (Phi) is 4.21. The molecule has 2 aromatic rings. The lowest BCUT2D eigenvalue weighted by Crippen LogP contribution is -2.42. The number of aryl methyl sites for hydroxylation is 1. The van der Waals surface area contributed by atoms with Crippen LogP contribution < -0.4 is 22.5 Å². The van der Waals surface area contributed by atoms with Crippen molar-refractivity contribution in [1.29, 1.82) is 0 Å². The summed E-state index contributed by atoms with van der Waals surface area (Å²) in [5.41, 5.74) is -3.56. The quantitative estimate of drug-likeness (QED) is 0.824. The van der Waals surface area contributed by atoms with Gasteiger partial charge in [-0.1, -0.05) is 0 Å². The number of aromatic amines is 2. The molecule has 0 spiro atoms. The Hall–Kier alpha value is -2.52. The van der Waals surface area contributed by atoms with Gasteiger partial charge in [0, 0.05) is 26.4 Å². The highest BCUT2D eigenvalue weighted by atomic mass is 19.3. The van der Waals surface area contributed by atoms with E-state index in [0.717, 1.165) is 9.13 Å². The Labute approximate surface area is 139 Å². The van der Waals surface area contributed by atoms with E-state index in [-0.39, 0.29) is 36.3 Å². The monoisotopic (exact) mass is 356 g/mol. The van der Waals surface area contributed by atoms with E-state index >= 15 is 0 Å². The molecule has 2 N–H and O–H groups in total. The van der Waals surface area contributed by atoms with Crippen LogP contribution in [0.5, 0.6) is 0 Å². The van der Waals surface area contributed by atoms with Crippen LogP contribution in [-0.2, 0) is 13.6 Å². The summed E-state index contributed by atoms with van der Waals surface area (Å²) in [5.74, 6) is -2.62. The summed E-state index contributed by atoms with van der Waals surface area (Å²) in [6, 6.07) is 0. The molecule has 10 heteroatoms. The van der Waals surface area contributed by atoms with Crippen LogP contribution in [0.1, 0.15) is 32.1 Å². The van der Waals surface area contributed by atoms with E-state index in [9.17, 15) is 28.0 Å². The fourth-order valence-electron chi connectivity index (χ4n) is 3.33. The molecule has 1 saturated carbocycles. The average molecular weight is 356 g/mol. The molecule has 136 valence electrons. The van der Waals surface area contributed by atoms with Crippen LogP contribution in [0.25, 0.3) is 11.0 Å². The number of rotatable bonds is 3. The second kappa shape index (κ2) is 6.08. The van der Waals surface area contributed by atoms with Gasteiger partial charge < -0.3 is 4.98 Å². The molecule has 0 bridgehead atoms. The van der Waals surface area contributed by atoms with Gasteiger partial charge in [-0.05, 0) is 25.2 Å². The number of hydrogen-bond donors (Lipinski definition) is 2. The van der Waals surface area contributed by atoms with Gasteiger partial charge in [-0.25, -0.2) is 18.4 Å². The maximum Gasteiger partial charge on any atom is 0.331 e. The summed E-state index contributed by atoms with van der Waals surface area (Å²) in [6.07, 6.45) is 0.752. The minimum atomic E-state index is -2.63. The van der Waals surface area contributed by atoms with E-state index in [1.807, 2.05) is 4.98 Å². The zero-order chi connectivity index (χ0) is 18.4. The Morgan fingerprint density at radius 2 is 1.76 bits per heavy atom. The van der Waals surface area contributed by atoms with E-state index in [2.05, 4.69) is 4.98 Å². The highest BCUT2D eigenvalue weighted by Gasteiger charge is 2.34. The number of nitrogens with zero attached hydrogens (tertiary/aromatic N) is 2. The van der Waals surface area contributed by atoms with Crippen molar-refractivity contribution in [1.82, 2.24) is 19.1 Å². The molecule has 1 aliphatic carbocycles. The van der Waals surface area contributed by atoms with E-state index in [1.54, 1.807) is 0 Å². The van der Waals surface area contributed by atoms with Crippen molar-refractivity contribution in [3.63, 3.8) is 0 Å². The van der Waals surface area contributed by atoms with Crippen LogP contribution >= 0.6 is 0 Å². The fourth-order valence-corrected chi connectivity index (χ4v) is 3.33. The Bertz CT molecular complexity index is 1040. The maximum atomic E-state index is 13.2. The molecule has 2 aromatic heterocycles. The number of hydrogen-bond acceptors (Lipinski definition) is 4. The second-order valence-electron chi connectivity index (χ2n) is 6.52. The molecule has 0 aromatic carbocycles. The fraction of sp³-hybridized carbons (Fsp3) is 0.600. The van der Waals surface area contributed by atoms with Crippen molar-refractivity contribution in [2.45, 2.75) is 44.6 Å². The lowest BCUT2D eigenvalue weighted by atomic mass is 9.85. The molecule has 0 saturated heterocycles. The summed E-state index contributed by atoms with van der Waals surface area (Å²) in [7, 11) is 1.25. The number of halogens is 2. The third-order valence-corrected chi connectivity index (χ3v) is 4.82. The topological polar surface area (TPSA) is 110 Å². The largest absolute Gasteiger partial charge is 0.331 e. The molecule has 1 fully saturated rings. The van der Waals surface area contributed by atoms with Crippen molar-refractivity contribution < 1.29 is 8.78 Å². The van der Waals surface area contributed by atoms with Crippen molar-refractivity contribution in [3.05, 3.63) is 41.7 Å². The van der Waals surface area contributed by atoms with Crippen molar-refractivity contribution in [2.75, 3.05) is 0 Å². The third kappa shape index (κ3) is 3.20. The first-order valence-corrected chi connectivity index (χ1v) is 8.03. The first kappa shape index (κ1) is 17.3. The predicted molar refractivity (Wildman–Crippen MR) is 86.2 cm³/mol. The van der Waals surface area contributed by atoms with Gasteiger partial charge in [-0.2, -0.15) is 0 Å². The highest BCUT2D eigenvalue weighted by Crippen LogP contribution is 2.37. The first-order valence-electron chi connectivity index (χ1n) is 8.03. The number of nitrogens with one attached hydrogen (secondary N) is 2. The SMILES string of the molecule is Cn1c(=O)c2[nH]c(=O)[nH]c(=O)c2n(CCC2CCC(F)(F)CC2)c1=O. The third-order valence-electron chi connectivity index (χ3n) is 4.82. The van der Waals surface area contributed by atoms with Gasteiger partial charge in [-0.3, -0.25) is 23.7 Å². The lowest BCUT2D eigenvalue weighted by molar-refractivity contribution is -0.0468. The molecular formula is C15H18F2N4O4. The second-order valence-corrected chi connectivity index (χ2v) is 6.52. The van der Waals surface area contributed by atoms with Crippen molar-refractivity contribution in [3.8, 4) is 0 Å². The number of alkyl halides is 2. The van der Waals surface area contributed by atoms with Gasteiger partial charge in [0.05, 0.1) is 0 Å². The Morgan fingerprint density at radius 1 is 1.12 bits per heavy atom. The Morgan fingerprint density at radius 3 is 2.40 bits per heavy atom. The lowest BCUT2D eigenvalue weighted by Gasteiger charge is -2.28. The van der Waals surface area contributed by atoms with Crippen LogP contribution in [0.15, 0.2) is 19.2 Å². The van der Waals surface area contributed by atoms with Gasteiger partial charge >= 0.3 is 11.4 Å². The zero-order valence-electron chi connectivity index (χ0n) is 13.6. The van der Waals surface area contributed by atoms with Crippen LogP contribution in [-0.4, -0.2) is 25.0 Å². The Balaban J connectivity index is 1.99. The molecule has 0 radical (unpaired) electrons. The van der Waals surface area contributed by atoms with Gasteiger partial charge in [0.2, 0.25) is 5.92 Å².